The number of carboxylic acid groups (broad SMARTS) is 1. The Morgan fingerprint density at radius 1 is 1.42 bits per heavy atom. The number of benzene rings is 1. The van der Waals surface area contributed by atoms with Gasteiger partial charge in [0, 0.05) is 36.7 Å². The van der Waals surface area contributed by atoms with Crippen molar-refractivity contribution in [3.05, 3.63) is 29.8 Å². The third kappa shape index (κ3) is 5.26. The van der Waals surface area contributed by atoms with Crippen molar-refractivity contribution >= 4 is 35.2 Å². The molecule has 7 heteroatoms. The number of nitrogens with one attached hydrogen (secondary N) is 1. The van der Waals surface area contributed by atoms with Crippen molar-refractivity contribution in [2.75, 3.05) is 24.2 Å². The van der Waals surface area contributed by atoms with E-state index in [1.54, 1.807) is 16.7 Å². The van der Waals surface area contributed by atoms with Gasteiger partial charge >= 0.3 is 5.97 Å². The molecule has 1 aliphatic rings. The largest absolute Gasteiger partial charge is 0.481 e. The van der Waals surface area contributed by atoms with E-state index < -0.39 is 5.97 Å². The molecular weight excluding hydrogens is 328 g/mol. The van der Waals surface area contributed by atoms with E-state index in [-0.39, 0.29) is 30.6 Å². The normalized spacial score (nSPS) is 17.1. The average molecular weight is 350 g/mol. The number of nitrogens with zero attached hydrogens (tertiary/aromatic N) is 1. The molecule has 2 amide bonds. The topological polar surface area (TPSA) is 86.7 Å². The van der Waals surface area contributed by atoms with Gasteiger partial charge in [-0.1, -0.05) is 12.1 Å². The summed E-state index contributed by atoms with van der Waals surface area (Å²) in [6.07, 6.45) is 0.412. The predicted octanol–water partition coefficient (Wildman–Crippen LogP) is 2.20. The van der Waals surface area contributed by atoms with Crippen molar-refractivity contribution in [2.24, 2.45) is 5.92 Å². The molecule has 0 spiro atoms. The summed E-state index contributed by atoms with van der Waals surface area (Å²) in [5.74, 6) is 0.0591. The van der Waals surface area contributed by atoms with Crippen molar-refractivity contribution < 1.29 is 19.5 Å². The van der Waals surface area contributed by atoms with Crippen LogP contribution in [0.3, 0.4) is 0 Å². The highest BCUT2D eigenvalue weighted by atomic mass is 32.2. The van der Waals surface area contributed by atoms with Crippen LogP contribution < -0.4 is 5.32 Å². The van der Waals surface area contributed by atoms with E-state index >= 15 is 0 Å². The molecule has 1 fully saturated rings. The minimum absolute atomic E-state index is 0.0289. The number of carboxylic acids is 1. The molecule has 1 aromatic carbocycles. The number of hydrogen-bond donors (Lipinski definition) is 2. The number of thioether (sulfide) groups is 1. The number of carbonyl (C=O) groups is 3. The third-order valence-corrected chi connectivity index (χ3v) is 4.92. The Morgan fingerprint density at radius 3 is 2.88 bits per heavy atom. The number of aliphatic carboxylic acids is 1. The fourth-order valence-corrected chi connectivity index (χ4v) is 3.46. The highest BCUT2D eigenvalue weighted by Gasteiger charge is 2.33. The Morgan fingerprint density at radius 2 is 2.21 bits per heavy atom. The minimum Gasteiger partial charge on any atom is -0.481 e. The average Bonchev–Trinajstić information content (AvgIpc) is 2.93. The lowest BCUT2D eigenvalue weighted by atomic mass is 10.1. The zero-order valence-electron chi connectivity index (χ0n) is 13.7. The first-order valence-corrected chi connectivity index (χ1v) is 9.12. The molecule has 0 saturated carbocycles. The fraction of sp³-hybridized carbons (Fsp3) is 0.471. The van der Waals surface area contributed by atoms with Gasteiger partial charge in [0.05, 0.1) is 12.3 Å². The quantitative estimate of drug-likeness (QED) is 0.702. The van der Waals surface area contributed by atoms with E-state index in [2.05, 4.69) is 5.32 Å². The molecular formula is C17H22N2O4S. The predicted molar refractivity (Wildman–Crippen MR) is 93.8 cm³/mol. The lowest BCUT2D eigenvalue weighted by Crippen LogP contribution is -2.28. The number of rotatable bonds is 8. The highest BCUT2D eigenvalue weighted by molar-refractivity contribution is 7.98. The molecule has 24 heavy (non-hydrogen) atoms. The summed E-state index contributed by atoms with van der Waals surface area (Å²) in [5, 5.41) is 11.5. The summed E-state index contributed by atoms with van der Waals surface area (Å²) < 4.78 is 0. The third-order valence-electron chi connectivity index (χ3n) is 3.89. The van der Waals surface area contributed by atoms with E-state index in [0.29, 0.717) is 30.3 Å². The maximum Gasteiger partial charge on any atom is 0.304 e. The van der Waals surface area contributed by atoms with Gasteiger partial charge in [-0.3, -0.25) is 14.4 Å². The number of likely N-dealkylation sites (tertiary alicyclic amines) is 1. The van der Waals surface area contributed by atoms with Crippen LogP contribution in [-0.4, -0.2) is 46.6 Å². The molecule has 1 unspecified atom stereocenters. The van der Waals surface area contributed by atoms with Crippen LogP contribution in [0, 0.1) is 5.92 Å². The van der Waals surface area contributed by atoms with Crippen LogP contribution in [-0.2, 0) is 20.1 Å². The first-order valence-electron chi connectivity index (χ1n) is 7.96. The van der Waals surface area contributed by atoms with Gasteiger partial charge < -0.3 is 15.3 Å². The lowest BCUT2D eigenvalue weighted by molar-refractivity contribution is -0.136. The smallest absolute Gasteiger partial charge is 0.304 e. The monoisotopic (exact) mass is 350 g/mol. The van der Waals surface area contributed by atoms with E-state index in [1.165, 1.54) is 0 Å². The Kier molecular flexibility index (Phi) is 6.66. The van der Waals surface area contributed by atoms with Crippen molar-refractivity contribution in [2.45, 2.75) is 25.5 Å². The minimum atomic E-state index is -0.796. The fourth-order valence-electron chi connectivity index (χ4n) is 2.59. The summed E-state index contributed by atoms with van der Waals surface area (Å²) in [6.45, 7) is 3.02. The van der Waals surface area contributed by atoms with Gasteiger partial charge in [0.15, 0.2) is 0 Å². The van der Waals surface area contributed by atoms with Crippen molar-refractivity contribution in [3.8, 4) is 0 Å². The van der Waals surface area contributed by atoms with Gasteiger partial charge in [-0.05, 0) is 24.6 Å². The molecule has 6 nitrogen and oxygen atoms in total. The second-order valence-electron chi connectivity index (χ2n) is 5.72. The van der Waals surface area contributed by atoms with Crippen LogP contribution in [0.2, 0.25) is 0 Å². The Hall–Kier alpha value is -2.02. The molecule has 130 valence electrons. The Labute approximate surface area is 145 Å². The maximum absolute atomic E-state index is 12.3. The van der Waals surface area contributed by atoms with Crippen LogP contribution in [0.5, 0.6) is 0 Å². The first kappa shape index (κ1) is 18.3. The molecule has 1 aromatic rings. The number of amides is 2. The zero-order chi connectivity index (χ0) is 17.5. The molecule has 2 N–H and O–H groups in total. The van der Waals surface area contributed by atoms with E-state index in [1.807, 2.05) is 31.2 Å². The van der Waals surface area contributed by atoms with Gasteiger partial charge in [-0.25, -0.2) is 0 Å². The molecule has 1 saturated heterocycles. The van der Waals surface area contributed by atoms with Crippen LogP contribution >= 0.6 is 11.8 Å². The molecule has 0 bridgehead atoms. The van der Waals surface area contributed by atoms with Gasteiger partial charge in [0.25, 0.3) is 0 Å². The van der Waals surface area contributed by atoms with Gasteiger partial charge in [-0.2, -0.15) is 11.8 Å². The second-order valence-corrected chi connectivity index (χ2v) is 6.82. The van der Waals surface area contributed by atoms with Gasteiger partial charge in [-0.15, -0.1) is 0 Å². The molecule has 1 heterocycles. The maximum atomic E-state index is 12.3. The van der Waals surface area contributed by atoms with Crippen LogP contribution in [0.25, 0.3) is 0 Å². The van der Waals surface area contributed by atoms with Gasteiger partial charge in [0.2, 0.25) is 11.8 Å². The molecule has 1 aliphatic heterocycles. The van der Waals surface area contributed by atoms with Crippen LogP contribution in [0.15, 0.2) is 24.3 Å². The number of hydrogen-bond acceptors (Lipinski definition) is 4. The van der Waals surface area contributed by atoms with E-state index in [4.69, 9.17) is 5.11 Å². The van der Waals surface area contributed by atoms with Crippen molar-refractivity contribution in [1.82, 2.24) is 4.90 Å². The lowest BCUT2D eigenvalue weighted by Gasteiger charge is -2.14. The summed E-state index contributed by atoms with van der Waals surface area (Å²) in [5.41, 5.74) is 1.74. The summed E-state index contributed by atoms with van der Waals surface area (Å²) in [7, 11) is 0. The number of anilines is 1. The highest BCUT2D eigenvalue weighted by Crippen LogP contribution is 2.21. The summed E-state index contributed by atoms with van der Waals surface area (Å²) in [4.78, 5) is 36.2. The van der Waals surface area contributed by atoms with Crippen molar-refractivity contribution in [3.63, 3.8) is 0 Å². The Balaban J connectivity index is 1.86. The molecule has 0 aromatic heterocycles. The summed E-state index contributed by atoms with van der Waals surface area (Å²) in [6, 6.07) is 7.51. The number of carbonyl (C=O) groups excluding carboxylic acids is 2. The molecule has 1 atom stereocenters. The van der Waals surface area contributed by atoms with E-state index in [0.717, 1.165) is 5.56 Å². The molecule has 0 aliphatic carbocycles. The van der Waals surface area contributed by atoms with E-state index in [9.17, 15) is 14.4 Å². The second kappa shape index (κ2) is 8.73. The molecule has 0 radical (unpaired) electrons. The summed E-state index contributed by atoms with van der Waals surface area (Å²) >= 11 is 1.55. The SMILES string of the molecule is CCN1CC(C(=O)Nc2cccc(CSCCC(=O)O)c2)CC1=O. The van der Waals surface area contributed by atoms with Gasteiger partial charge in [0.1, 0.15) is 0 Å². The van der Waals surface area contributed by atoms with Crippen LogP contribution in [0.1, 0.15) is 25.3 Å². The Bertz CT molecular complexity index is 620. The van der Waals surface area contributed by atoms with Crippen LogP contribution in [0.4, 0.5) is 5.69 Å². The van der Waals surface area contributed by atoms with Crippen molar-refractivity contribution in [1.29, 1.82) is 0 Å². The standard InChI is InChI=1S/C17H22N2O4S/c1-2-19-10-13(9-15(19)20)17(23)18-14-5-3-4-12(8-14)11-24-7-6-16(21)22/h3-5,8,13H,2,6-7,9-11H2,1H3,(H,18,23)(H,21,22). The molecule has 2 rings (SSSR count). The first-order chi connectivity index (χ1) is 11.5. The zero-order valence-corrected chi connectivity index (χ0v) is 14.5.